The van der Waals surface area contributed by atoms with Crippen molar-refractivity contribution in [3.63, 3.8) is 0 Å². The van der Waals surface area contributed by atoms with Crippen LogP contribution in [0.15, 0.2) is 24.3 Å². The third kappa shape index (κ3) is 3.39. The number of benzene rings is 1. The molecule has 0 saturated heterocycles. The van der Waals surface area contributed by atoms with Gasteiger partial charge in [0.15, 0.2) is 0 Å². The van der Waals surface area contributed by atoms with Gasteiger partial charge in [0, 0.05) is 18.2 Å². The molecule has 7 heteroatoms. The minimum absolute atomic E-state index is 0.0268. The summed E-state index contributed by atoms with van der Waals surface area (Å²) in [6.07, 6.45) is 7.46. The first-order chi connectivity index (χ1) is 12.2. The number of nitro groups is 1. The van der Waals surface area contributed by atoms with E-state index < -0.39 is 14.9 Å². The van der Waals surface area contributed by atoms with Crippen LogP contribution in [0, 0.1) is 33.3 Å². The highest BCUT2D eigenvalue weighted by molar-refractivity contribution is 7.88. The molecule has 142 valence electrons. The highest BCUT2D eigenvalue weighted by Gasteiger charge is 2.53. The number of rotatable bonds is 6. The van der Waals surface area contributed by atoms with Crippen LogP contribution in [0.2, 0.25) is 0 Å². The zero-order valence-electron chi connectivity index (χ0n) is 15.1. The molecule has 0 aliphatic heterocycles. The van der Waals surface area contributed by atoms with E-state index in [9.17, 15) is 18.5 Å². The van der Waals surface area contributed by atoms with E-state index in [2.05, 4.69) is 4.72 Å². The lowest BCUT2D eigenvalue weighted by molar-refractivity contribution is -0.384. The first-order valence-corrected chi connectivity index (χ1v) is 11.1. The van der Waals surface area contributed by atoms with Crippen LogP contribution >= 0.6 is 0 Å². The summed E-state index contributed by atoms with van der Waals surface area (Å²) >= 11 is 0. The van der Waals surface area contributed by atoms with Crippen molar-refractivity contribution >= 4 is 15.7 Å². The summed E-state index contributed by atoms with van der Waals surface area (Å²) in [5.74, 6) is 2.20. The molecule has 4 bridgehead atoms. The van der Waals surface area contributed by atoms with Gasteiger partial charge in [0.05, 0.1) is 10.7 Å². The van der Waals surface area contributed by atoms with Crippen LogP contribution in [0.25, 0.3) is 0 Å². The minimum atomic E-state index is -3.48. The van der Waals surface area contributed by atoms with Crippen LogP contribution < -0.4 is 4.72 Å². The largest absolute Gasteiger partial charge is 0.269 e. The van der Waals surface area contributed by atoms with Gasteiger partial charge in [-0.2, -0.15) is 0 Å². The summed E-state index contributed by atoms with van der Waals surface area (Å²) in [6.45, 7) is 2.03. The van der Waals surface area contributed by atoms with Gasteiger partial charge in [-0.15, -0.1) is 0 Å². The van der Waals surface area contributed by atoms with E-state index in [4.69, 9.17) is 0 Å². The number of nitro benzene ring substituents is 1. The normalized spacial score (nSPS) is 34.0. The van der Waals surface area contributed by atoms with Crippen molar-refractivity contribution in [2.24, 2.45) is 23.2 Å². The van der Waals surface area contributed by atoms with Crippen LogP contribution in [0.1, 0.15) is 51.0 Å². The van der Waals surface area contributed by atoms with E-state index >= 15 is 0 Å². The van der Waals surface area contributed by atoms with E-state index in [-0.39, 0.29) is 22.9 Å². The Balaban J connectivity index is 1.45. The maximum absolute atomic E-state index is 12.7. The number of hydrogen-bond donors (Lipinski definition) is 1. The molecule has 0 amide bonds. The van der Waals surface area contributed by atoms with E-state index in [1.807, 2.05) is 6.92 Å². The van der Waals surface area contributed by atoms with Crippen molar-refractivity contribution in [2.75, 3.05) is 0 Å². The summed E-state index contributed by atoms with van der Waals surface area (Å²) in [4.78, 5) is 10.2. The molecule has 26 heavy (non-hydrogen) atoms. The van der Waals surface area contributed by atoms with Crippen LogP contribution in [0.5, 0.6) is 0 Å². The predicted molar refractivity (Wildman–Crippen MR) is 98.9 cm³/mol. The first-order valence-electron chi connectivity index (χ1n) is 9.48. The molecule has 1 atom stereocenters. The Morgan fingerprint density at radius 3 is 2.08 bits per heavy atom. The molecule has 1 N–H and O–H groups in total. The van der Waals surface area contributed by atoms with Crippen LogP contribution in [0.3, 0.4) is 0 Å². The summed E-state index contributed by atoms with van der Waals surface area (Å²) in [5, 5.41) is 10.7. The minimum Gasteiger partial charge on any atom is -0.258 e. The Morgan fingerprint density at radius 1 is 1.12 bits per heavy atom. The third-order valence-corrected chi connectivity index (χ3v) is 8.29. The second-order valence-electron chi connectivity index (χ2n) is 8.80. The Morgan fingerprint density at radius 2 is 1.62 bits per heavy atom. The van der Waals surface area contributed by atoms with Crippen molar-refractivity contribution in [3.8, 4) is 0 Å². The molecule has 1 unspecified atom stereocenters. The summed E-state index contributed by atoms with van der Waals surface area (Å²) in [5.41, 5.74) is 0.666. The topological polar surface area (TPSA) is 89.3 Å². The molecule has 4 saturated carbocycles. The fourth-order valence-corrected chi connectivity index (χ4v) is 7.58. The average molecular weight is 378 g/mol. The SMILES string of the molecule is CC(NS(=O)(=O)Cc1ccc([N+](=O)[O-])cc1)C12CC3CC(CC(C3)C1)C2. The second-order valence-corrected chi connectivity index (χ2v) is 10.6. The van der Waals surface area contributed by atoms with Gasteiger partial charge in [-0.05, 0) is 74.2 Å². The van der Waals surface area contributed by atoms with Crippen LogP contribution in [-0.2, 0) is 15.8 Å². The quantitative estimate of drug-likeness (QED) is 0.605. The Hall–Kier alpha value is -1.47. The molecule has 4 aliphatic rings. The van der Waals surface area contributed by atoms with Gasteiger partial charge in [-0.25, -0.2) is 13.1 Å². The molecule has 1 aromatic rings. The molecule has 5 rings (SSSR count). The van der Waals surface area contributed by atoms with Gasteiger partial charge < -0.3 is 0 Å². The molecule has 0 radical (unpaired) electrons. The molecular formula is C19H26N2O4S. The number of hydrogen-bond acceptors (Lipinski definition) is 4. The molecule has 6 nitrogen and oxygen atoms in total. The summed E-state index contributed by atoms with van der Waals surface area (Å²) < 4.78 is 28.3. The predicted octanol–water partition coefficient (Wildman–Crippen LogP) is 3.62. The standard InChI is InChI=1S/C19H26N2O4S/c1-13(19-9-15-6-16(10-19)8-17(7-15)11-19)20-26(24,25)12-14-2-4-18(5-3-14)21(22)23/h2-5,13,15-17,20H,6-12H2,1H3. The number of nitrogens with zero attached hydrogens (tertiary/aromatic N) is 1. The average Bonchev–Trinajstić information content (AvgIpc) is 2.53. The van der Waals surface area contributed by atoms with E-state index in [0.29, 0.717) is 5.56 Å². The van der Waals surface area contributed by atoms with Crippen LogP contribution in [-0.4, -0.2) is 19.4 Å². The summed E-state index contributed by atoms with van der Waals surface area (Å²) in [6, 6.07) is 5.69. The lowest BCUT2D eigenvalue weighted by Gasteiger charge is -2.59. The Bertz CT molecular complexity index is 768. The molecule has 0 heterocycles. The second kappa shape index (κ2) is 6.30. The van der Waals surface area contributed by atoms with Gasteiger partial charge in [-0.3, -0.25) is 10.1 Å². The monoisotopic (exact) mass is 378 g/mol. The highest BCUT2D eigenvalue weighted by atomic mass is 32.2. The molecule has 4 aliphatic carbocycles. The van der Waals surface area contributed by atoms with E-state index in [0.717, 1.165) is 37.0 Å². The van der Waals surface area contributed by atoms with Gasteiger partial charge in [0.2, 0.25) is 10.0 Å². The molecule has 0 aromatic heterocycles. The number of non-ortho nitro benzene ring substituents is 1. The van der Waals surface area contributed by atoms with Crippen molar-refractivity contribution < 1.29 is 13.3 Å². The fourth-order valence-electron chi connectivity index (χ4n) is 6.08. The van der Waals surface area contributed by atoms with E-state index in [1.54, 1.807) is 0 Å². The number of sulfonamides is 1. The first kappa shape index (κ1) is 17.9. The lowest BCUT2D eigenvalue weighted by Crippen LogP contribution is -2.55. The zero-order valence-corrected chi connectivity index (χ0v) is 15.9. The molecule has 4 fully saturated rings. The van der Waals surface area contributed by atoms with Crippen molar-refractivity contribution in [3.05, 3.63) is 39.9 Å². The van der Waals surface area contributed by atoms with Gasteiger partial charge in [0.1, 0.15) is 0 Å². The van der Waals surface area contributed by atoms with Crippen molar-refractivity contribution in [1.82, 2.24) is 4.72 Å². The molecule has 0 spiro atoms. The smallest absolute Gasteiger partial charge is 0.258 e. The Kier molecular flexibility index (Phi) is 4.34. The summed E-state index contributed by atoms with van der Waals surface area (Å²) in [7, 11) is -3.48. The van der Waals surface area contributed by atoms with Crippen molar-refractivity contribution in [2.45, 2.75) is 57.2 Å². The van der Waals surface area contributed by atoms with Gasteiger partial charge >= 0.3 is 0 Å². The Labute approximate surface area is 154 Å². The zero-order chi connectivity index (χ0) is 18.5. The maximum Gasteiger partial charge on any atom is 0.269 e. The number of nitrogens with one attached hydrogen (secondary N) is 1. The fraction of sp³-hybridized carbons (Fsp3) is 0.684. The lowest BCUT2D eigenvalue weighted by atomic mass is 9.48. The molecular weight excluding hydrogens is 352 g/mol. The highest BCUT2D eigenvalue weighted by Crippen LogP contribution is 2.61. The van der Waals surface area contributed by atoms with Crippen molar-refractivity contribution in [1.29, 1.82) is 0 Å². The maximum atomic E-state index is 12.7. The molecule has 1 aromatic carbocycles. The van der Waals surface area contributed by atoms with Crippen LogP contribution in [0.4, 0.5) is 5.69 Å². The van der Waals surface area contributed by atoms with Gasteiger partial charge in [0.25, 0.3) is 5.69 Å². The third-order valence-electron chi connectivity index (χ3n) is 6.86. The van der Waals surface area contributed by atoms with E-state index in [1.165, 1.54) is 43.5 Å². The van der Waals surface area contributed by atoms with Gasteiger partial charge in [-0.1, -0.05) is 12.1 Å².